The lowest BCUT2D eigenvalue weighted by Gasteiger charge is -2.43. The van der Waals surface area contributed by atoms with Crippen LogP contribution in [0.5, 0.6) is 17.2 Å². The molecular formula is C22H20N2O6S. The summed E-state index contributed by atoms with van der Waals surface area (Å²) in [6.45, 7) is 1.31. The summed E-state index contributed by atoms with van der Waals surface area (Å²) in [5.41, 5.74) is 0.0971. The van der Waals surface area contributed by atoms with Crippen molar-refractivity contribution in [1.82, 2.24) is 4.31 Å². The van der Waals surface area contributed by atoms with Gasteiger partial charge in [0.25, 0.3) is 0 Å². The van der Waals surface area contributed by atoms with Crippen molar-refractivity contribution < 1.29 is 27.4 Å². The summed E-state index contributed by atoms with van der Waals surface area (Å²) in [5, 5.41) is 9.05. The fourth-order valence-corrected chi connectivity index (χ4v) is 5.77. The smallest absolute Gasteiger partial charge is 0.243 e. The van der Waals surface area contributed by atoms with Gasteiger partial charge in [0.15, 0.2) is 17.3 Å². The molecule has 1 saturated heterocycles. The van der Waals surface area contributed by atoms with E-state index in [-0.39, 0.29) is 30.2 Å². The van der Waals surface area contributed by atoms with E-state index in [1.54, 1.807) is 24.3 Å². The molecule has 2 aromatic rings. The maximum absolute atomic E-state index is 13.2. The second kappa shape index (κ2) is 7.25. The second-order valence-electron chi connectivity index (χ2n) is 7.92. The van der Waals surface area contributed by atoms with E-state index in [4.69, 9.17) is 19.5 Å². The number of nitrogens with zero attached hydrogens (tertiary/aromatic N) is 2. The van der Waals surface area contributed by atoms with Crippen molar-refractivity contribution in [3.05, 3.63) is 47.5 Å². The summed E-state index contributed by atoms with van der Waals surface area (Å²) >= 11 is 0. The number of carbonyl (C=O) groups excluding carboxylic acids is 1. The molecule has 9 heteroatoms. The largest absolute Gasteiger partial charge is 0.486 e. The molecule has 2 aromatic carbocycles. The summed E-state index contributed by atoms with van der Waals surface area (Å²) in [7, 11) is -3.71. The molecule has 0 aliphatic carbocycles. The van der Waals surface area contributed by atoms with Gasteiger partial charge >= 0.3 is 0 Å². The first-order valence-corrected chi connectivity index (χ1v) is 11.5. The Morgan fingerprint density at radius 2 is 1.68 bits per heavy atom. The number of ketones is 1. The fourth-order valence-electron chi connectivity index (χ4n) is 4.31. The summed E-state index contributed by atoms with van der Waals surface area (Å²) in [6.07, 6.45) is 0.983. The Labute approximate surface area is 180 Å². The van der Waals surface area contributed by atoms with Gasteiger partial charge in [-0.2, -0.15) is 9.57 Å². The molecule has 0 N–H and O–H groups in total. The number of rotatable bonds is 2. The van der Waals surface area contributed by atoms with E-state index in [2.05, 4.69) is 0 Å². The molecule has 0 aromatic heterocycles. The van der Waals surface area contributed by atoms with E-state index in [9.17, 15) is 13.2 Å². The number of hydrogen-bond donors (Lipinski definition) is 0. The predicted molar refractivity (Wildman–Crippen MR) is 109 cm³/mol. The maximum Gasteiger partial charge on any atom is 0.243 e. The summed E-state index contributed by atoms with van der Waals surface area (Å²) in [5.74, 6) is 1.34. The number of piperidine rings is 1. The molecule has 0 bridgehead atoms. The van der Waals surface area contributed by atoms with E-state index in [1.165, 1.54) is 16.4 Å². The number of sulfonamides is 1. The van der Waals surface area contributed by atoms with Gasteiger partial charge in [-0.3, -0.25) is 4.79 Å². The second-order valence-corrected chi connectivity index (χ2v) is 9.86. The highest BCUT2D eigenvalue weighted by molar-refractivity contribution is 7.89. The lowest BCUT2D eigenvalue weighted by molar-refractivity contribution is 0.00590. The van der Waals surface area contributed by atoms with E-state index in [0.29, 0.717) is 54.4 Å². The Morgan fingerprint density at radius 1 is 0.968 bits per heavy atom. The molecule has 1 fully saturated rings. The minimum Gasteiger partial charge on any atom is -0.486 e. The molecule has 3 aliphatic rings. The third-order valence-electron chi connectivity index (χ3n) is 6.00. The van der Waals surface area contributed by atoms with Gasteiger partial charge in [-0.15, -0.1) is 0 Å². The lowest BCUT2D eigenvalue weighted by Crippen LogP contribution is -2.52. The van der Waals surface area contributed by atoms with Crippen molar-refractivity contribution in [1.29, 1.82) is 5.26 Å². The molecule has 0 saturated carbocycles. The van der Waals surface area contributed by atoms with Gasteiger partial charge in [0.05, 0.1) is 28.5 Å². The number of ether oxygens (including phenoxy) is 3. The Hall–Kier alpha value is -3.09. The van der Waals surface area contributed by atoms with Crippen LogP contribution in [-0.2, 0) is 10.0 Å². The summed E-state index contributed by atoms with van der Waals surface area (Å²) < 4.78 is 44.9. The van der Waals surface area contributed by atoms with E-state index < -0.39 is 15.6 Å². The van der Waals surface area contributed by atoms with Crippen molar-refractivity contribution in [2.75, 3.05) is 26.3 Å². The Kier molecular flexibility index (Phi) is 4.64. The number of hydrogen-bond acceptors (Lipinski definition) is 7. The predicted octanol–water partition coefficient (Wildman–Crippen LogP) is 2.52. The Balaban J connectivity index is 1.34. The van der Waals surface area contributed by atoms with Gasteiger partial charge in [0, 0.05) is 32.0 Å². The highest BCUT2D eigenvalue weighted by atomic mass is 32.2. The van der Waals surface area contributed by atoms with Gasteiger partial charge in [0.2, 0.25) is 10.0 Å². The molecule has 0 amide bonds. The van der Waals surface area contributed by atoms with Crippen LogP contribution in [0.1, 0.15) is 35.2 Å². The van der Waals surface area contributed by atoms with Crippen LogP contribution in [0.25, 0.3) is 0 Å². The molecule has 160 valence electrons. The van der Waals surface area contributed by atoms with Crippen LogP contribution in [0.3, 0.4) is 0 Å². The van der Waals surface area contributed by atoms with Crippen molar-refractivity contribution in [2.24, 2.45) is 0 Å². The zero-order valence-corrected chi connectivity index (χ0v) is 17.5. The van der Waals surface area contributed by atoms with Crippen LogP contribution in [0, 0.1) is 11.3 Å². The van der Waals surface area contributed by atoms with Crippen LogP contribution in [0.2, 0.25) is 0 Å². The van der Waals surface area contributed by atoms with Gasteiger partial charge in [-0.25, -0.2) is 8.42 Å². The van der Waals surface area contributed by atoms with Gasteiger partial charge in [0.1, 0.15) is 24.6 Å². The van der Waals surface area contributed by atoms with Gasteiger partial charge < -0.3 is 14.2 Å². The van der Waals surface area contributed by atoms with E-state index >= 15 is 0 Å². The Morgan fingerprint density at radius 3 is 2.42 bits per heavy atom. The highest BCUT2D eigenvalue weighted by Gasteiger charge is 2.45. The first-order chi connectivity index (χ1) is 14.9. The standard InChI is InChI=1S/C22H20N2O6S/c23-14-15-1-3-19-17(11-15)18(25)13-22(30-19)5-7-24(8-6-22)31(26,27)16-2-4-20-21(12-16)29-10-9-28-20/h1-4,11-12H,5-10,13H2. The van der Waals surface area contributed by atoms with Gasteiger partial charge in [-0.05, 0) is 30.3 Å². The number of nitriles is 1. The Bertz CT molecular complexity index is 1210. The molecular weight excluding hydrogens is 420 g/mol. The molecule has 31 heavy (non-hydrogen) atoms. The normalized spacial score (nSPS) is 19.9. The van der Waals surface area contributed by atoms with Crippen molar-refractivity contribution in [3.63, 3.8) is 0 Å². The number of Topliss-reactive ketones (excluding diaryl/α,β-unsaturated/α-hetero) is 1. The topological polar surface area (TPSA) is 106 Å². The van der Waals surface area contributed by atoms with E-state index in [0.717, 1.165) is 0 Å². The molecule has 3 heterocycles. The van der Waals surface area contributed by atoms with E-state index in [1.807, 2.05) is 6.07 Å². The summed E-state index contributed by atoms with van der Waals surface area (Å²) in [6, 6.07) is 11.5. The monoisotopic (exact) mass is 440 g/mol. The third kappa shape index (κ3) is 3.42. The van der Waals surface area contributed by atoms with Crippen molar-refractivity contribution >= 4 is 15.8 Å². The first-order valence-electron chi connectivity index (χ1n) is 10.1. The third-order valence-corrected chi connectivity index (χ3v) is 7.90. The van der Waals surface area contributed by atoms with Crippen LogP contribution in [0.4, 0.5) is 0 Å². The number of fused-ring (bicyclic) bond motifs is 2. The van der Waals surface area contributed by atoms with Crippen LogP contribution in [-0.4, -0.2) is 50.4 Å². The fraction of sp³-hybridized carbons (Fsp3) is 0.364. The lowest BCUT2D eigenvalue weighted by atomic mass is 9.83. The minimum absolute atomic E-state index is 0.0820. The molecule has 0 radical (unpaired) electrons. The average Bonchev–Trinajstić information content (AvgIpc) is 2.79. The molecule has 1 spiro atoms. The van der Waals surface area contributed by atoms with Gasteiger partial charge in [-0.1, -0.05) is 0 Å². The van der Waals surface area contributed by atoms with Crippen LogP contribution >= 0.6 is 0 Å². The quantitative estimate of drug-likeness (QED) is 0.706. The molecule has 5 rings (SSSR count). The number of carbonyl (C=O) groups is 1. The average molecular weight is 440 g/mol. The summed E-state index contributed by atoms with van der Waals surface area (Å²) in [4.78, 5) is 12.9. The molecule has 3 aliphatic heterocycles. The van der Waals surface area contributed by atoms with Crippen molar-refractivity contribution in [2.45, 2.75) is 29.8 Å². The van der Waals surface area contributed by atoms with Crippen molar-refractivity contribution in [3.8, 4) is 23.3 Å². The first kappa shape index (κ1) is 19.8. The minimum atomic E-state index is -3.71. The molecule has 0 atom stereocenters. The molecule has 8 nitrogen and oxygen atoms in total. The number of benzene rings is 2. The highest BCUT2D eigenvalue weighted by Crippen LogP contribution is 2.41. The molecule has 0 unspecified atom stereocenters. The zero-order chi connectivity index (χ0) is 21.6. The maximum atomic E-state index is 13.2. The van der Waals surface area contributed by atoms with Crippen LogP contribution < -0.4 is 14.2 Å². The van der Waals surface area contributed by atoms with Crippen LogP contribution in [0.15, 0.2) is 41.3 Å². The SMILES string of the molecule is N#Cc1ccc2c(c1)C(=O)CC1(CCN(S(=O)(=O)c3ccc4c(c3)OCCO4)CC1)O2. The zero-order valence-electron chi connectivity index (χ0n) is 16.7.